The Balaban J connectivity index is 1.59. The maximum Gasteiger partial charge on any atom is 0.264 e. The summed E-state index contributed by atoms with van der Waals surface area (Å²) in [5.41, 5.74) is 1.61. The van der Waals surface area contributed by atoms with Gasteiger partial charge in [0, 0.05) is 17.6 Å². The van der Waals surface area contributed by atoms with Gasteiger partial charge in [-0.25, -0.2) is 8.42 Å². The smallest absolute Gasteiger partial charge is 0.264 e. The van der Waals surface area contributed by atoms with Gasteiger partial charge in [0.2, 0.25) is 5.91 Å². The van der Waals surface area contributed by atoms with Crippen molar-refractivity contribution < 1.29 is 27.5 Å². The number of nitrogens with zero attached hydrogens (tertiary/aromatic N) is 1. The van der Waals surface area contributed by atoms with Crippen LogP contribution in [-0.2, 0) is 21.4 Å². The number of nitrogens with one attached hydrogen (secondary N) is 2. The highest BCUT2D eigenvalue weighted by atomic mass is 35.5. The van der Waals surface area contributed by atoms with Crippen molar-refractivity contribution in [1.29, 1.82) is 0 Å². The molecular weight excluding hydrogens is 566 g/mol. The van der Waals surface area contributed by atoms with E-state index in [1.165, 1.54) is 56.7 Å². The van der Waals surface area contributed by atoms with Gasteiger partial charge in [-0.15, -0.1) is 0 Å². The second-order valence-corrected chi connectivity index (χ2v) is 11.1. The van der Waals surface area contributed by atoms with Crippen molar-refractivity contribution in [3.05, 3.63) is 113 Å². The van der Waals surface area contributed by atoms with Crippen molar-refractivity contribution in [3.63, 3.8) is 0 Å². The van der Waals surface area contributed by atoms with E-state index in [1.54, 1.807) is 24.3 Å². The Morgan fingerprint density at radius 3 is 2.17 bits per heavy atom. The van der Waals surface area contributed by atoms with E-state index in [9.17, 15) is 18.0 Å². The van der Waals surface area contributed by atoms with Crippen molar-refractivity contribution in [2.24, 2.45) is 0 Å². The first-order chi connectivity index (χ1) is 19.7. The minimum Gasteiger partial charge on any atom is -0.493 e. The molecule has 0 spiro atoms. The molecule has 0 aromatic heterocycles. The second kappa shape index (κ2) is 13.2. The summed E-state index contributed by atoms with van der Waals surface area (Å²) in [6.45, 7) is -0.284. The van der Waals surface area contributed by atoms with Gasteiger partial charge in [-0.05, 0) is 54.1 Å². The summed E-state index contributed by atoms with van der Waals surface area (Å²) in [5, 5.41) is 5.92. The van der Waals surface area contributed by atoms with Crippen molar-refractivity contribution in [2.75, 3.05) is 30.4 Å². The van der Waals surface area contributed by atoms with Gasteiger partial charge >= 0.3 is 0 Å². The van der Waals surface area contributed by atoms with Crippen LogP contribution in [0.3, 0.4) is 0 Å². The van der Waals surface area contributed by atoms with E-state index in [0.29, 0.717) is 17.3 Å². The number of anilines is 2. The summed E-state index contributed by atoms with van der Waals surface area (Å²) >= 11 is 6.03. The lowest BCUT2D eigenvalue weighted by atomic mass is 10.1. The molecule has 0 heterocycles. The number of benzene rings is 4. The predicted molar refractivity (Wildman–Crippen MR) is 158 cm³/mol. The zero-order valence-electron chi connectivity index (χ0n) is 22.3. The number of methoxy groups -OCH3 is 2. The maximum atomic E-state index is 13.8. The first-order valence-corrected chi connectivity index (χ1v) is 14.3. The fraction of sp³-hybridized carbons (Fsp3) is 0.133. The Kier molecular flexibility index (Phi) is 9.49. The van der Waals surface area contributed by atoms with Gasteiger partial charge in [0.1, 0.15) is 6.54 Å². The van der Waals surface area contributed by atoms with Crippen LogP contribution < -0.4 is 24.4 Å². The normalized spacial score (nSPS) is 10.9. The van der Waals surface area contributed by atoms with Gasteiger partial charge in [0.05, 0.1) is 36.1 Å². The van der Waals surface area contributed by atoms with E-state index in [0.717, 1.165) is 9.87 Å². The molecule has 0 atom stereocenters. The number of ether oxygens (including phenoxy) is 2. The number of para-hydroxylation sites is 1. The number of hydrogen-bond acceptors (Lipinski definition) is 6. The van der Waals surface area contributed by atoms with E-state index < -0.39 is 28.4 Å². The van der Waals surface area contributed by atoms with E-state index >= 15 is 0 Å². The van der Waals surface area contributed by atoms with Crippen LogP contribution >= 0.6 is 11.6 Å². The topological polar surface area (TPSA) is 114 Å². The number of hydrogen-bond donors (Lipinski definition) is 2. The number of sulfonamides is 1. The molecular formula is C30H28ClN3O6S. The summed E-state index contributed by atoms with van der Waals surface area (Å²) in [5.74, 6) is -0.488. The molecule has 212 valence electrons. The SMILES string of the molecule is COc1ccc(S(=O)(=O)N(CC(=O)Nc2ccccc2C(=O)NCc2ccccc2)c2ccc(Cl)cc2)cc1OC. The standard InChI is InChI=1S/C30H28ClN3O6S/c1-39-27-17-16-24(18-28(27)40-2)41(37,38)34(23-14-12-22(31)13-15-23)20-29(35)33-26-11-7-6-10-25(26)30(36)32-19-21-8-4-3-5-9-21/h3-18H,19-20H2,1-2H3,(H,32,36)(H,33,35). The molecule has 0 fully saturated rings. The molecule has 4 aromatic carbocycles. The molecule has 0 saturated carbocycles. The van der Waals surface area contributed by atoms with E-state index in [4.69, 9.17) is 21.1 Å². The third-order valence-electron chi connectivity index (χ3n) is 6.09. The molecule has 4 aromatic rings. The maximum absolute atomic E-state index is 13.8. The molecule has 9 nitrogen and oxygen atoms in total. The minimum absolute atomic E-state index is 0.112. The lowest BCUT2D eigenvalue weighted by molar-refractivity contribution is -0.114. The molecule has 0 unspecified atom stereocenters. The molecule has 0 saturated heterocycles. The van der Waals surface area contributed by atoms with E-state index in [2.05, 4.69) is 10.6 Å². The van der Waals surface area contributed by atoms with Gasteiger partial charge in [-0.1, -0.05) is 54.1 Å². The number of amides is 2. The molecule has 0 radical (unpaired) electrons. The Morgan fingerprint density at radius 2 is 1.49 bits per heavy atom. The Bertz CT molecular complexity index is 1630. The van der Waals surface area contributed by atoms with Gasteiger partial charge in [-0.3, -0.25) is 13.9 Å². The molecule has 0 bridgehead atoms. The highest BCUT2D eigenvalue weighted by molar-refractivity contribution is 7.92. The Morgan fingerprint density at radius 1 is 0.829 bits per heavy atom. The number of carbonyl (C=O) groups excluding carboxylic acids is 2. The molecule has 2 amide bonds. The predicted octanol–water partition coefficient (Wildman–Crippen LogP) is 5.12. The average molecular weight is 594 g/mol. The van der Waals surface area contributed by atoms with Gasteiger partial charge in [0.15, 0.2) is 11.5 Å². The van der Waals surface area contributed by atoms with Crippen molar-refractivity contribution in [2.45, 2.75) is 11.4 Å². The monoisotopic (exact) mass is 593 g/mol. The van der Waals surface area contributed by atoms with Crippen LogP contribution in [0.15, 0.2) is 102 Å². The van der Waals surface area contributed by atoms with Crippen LogP contribution in [0.5, 0.6) is 11.5 Å². The first-order valence-electron chi connectivity index (χ1n) is 12.4. The summed E-state index contributed by atoms with van der Waals surface area (Å²) < 4.78 is 39.1. The van der Waals surface area contributed by atoms with E-state index in [1.807, 2.05) is 30.3 Å². The third kappa shape index (κ3) is 7.16. The number of rotatable bonds is 11. The quantitative estimate of drug-likeness (QED) is 0.249. The van der Waals surface area contributed by atoms with E-state index in [-0.39, 0.29) is 27.6 Å². The van der Waals surface area contributed by atoms with Crippen LogP contribution in [0.4, 0.5) is 11.4 Å². The number of carbonyl (C=O) groups is 2. The van der Waals surface area contributed by atoms with Crippen molar-refractivity contribution in [3.8, 4) is 11.5 Å². The van der Waals surface area contributed by atoms with Crippen LogP contribution in [0.1, 0.15) is 15.9 Å². The van der Waals surface area contributed by atoms with Crippen LogP contribution in [0, 0.1) is 0 Å². The van der Waals surface area contributed by atoms with Crippen molar-refractivity contribution >= 4 is 44.8 Å². The molecule has 4 rings (SSSR count). The van der Waals surface area contributed by atoms with Gasteiger partial charge in [0.25, 0.3) is 15.9 Å². The lowest BCUT2D eigenvalue weighted by Gasteiger charge is -2.25. The first kappa shape index (κ1) is 29.4. The zero-order valence-corrected chi connectivity index (χ0v) is 23.9. The summed E-state index contributed by atoms with van der Waals surface area (Å²) in [7, 11) is -1.43. The number of halogens is 1. The molecule has 11 heteroatoms. The fourth-order valence-corrected chi connectivity index (χ4v) is 5.57. The zero-order chi connectivity index (χ0) is 29.4. The van der Waals surface area contributed by atoms with Gasteiger partial charge in [-0.2, -0.15) is 0 Å². The summed E-state index contributed by atoms with van der Waals surface area (Å²) in [6.07, 6.45) is 0. The average Bonchev–Trinajstić information content (AvgIpc) is 2.99. The molecule has 2 N–H and O–H groups in total. The fourth-order valence-electron chi connectivity index (χ4n) is 4.01. The molecule has 0 aliphatic heterocycles. The summed E-state index contributed by atoms with van der Waals surface area (Å²) in [6, 6.07) is 26.1. The second-order valence-electron chi connectivity index (χ2n) is 8.77. The lowest BCUT2D eigenvalue weighted by Crippen LogP contribution is -2.38. The van der Waals surface area contributed by atoms with Crippen LogP contribution in [-0.4, -0.2) is 41.0 Å². The van der Waals surface area contributed by atoms with Crippen molar-refractivity contribution in [1.82, 2.24) is 5.32 Å². The minimum atomic E-state index is -4.26. The molecule has 0 aliphatic rings. The summed E-state index contributed by atoms with van der Waals surface area (Å²) in [4.78, 5) is 26.1. The molecule has 0 aliphatic carbocycles. The highest BCUT2D eigenvalue weighted by Gasteiger charge is 2.29. The Labute approximate surface area is 243 Å². The van der Waals surface area contributed by atoms with Gasteiger partial charge < -0.3 is 20.1 Å². The third-order valence-corrected chi connectivity index (χ3v) is 8.11. The largest absolute Gasteiger partial charge is 0.493 e. The molecule has 41 heavy (non-hydrogen) atoms. The highest BCUT2D eigenvalue weighted by Crippen LogP contribution is 2.32. The van der Waals surface area contributed by atoms with Crippen LogP contribution in [0.25, 0.3) is 0 Å². The Hall–Kier alpha value is -4.54. The van der Waals surface area contributed by atoms with Crippen LogP contribution in [0.2, 0.25) is 5.02 Å².